The molecule has 1 aliphatic heterocycles. The van der Waals surface area contributed by atoms with E-state index in [1.165, 1.54) is 35.9 Å². The van der Waals surface area contributed by atoms with E-state index in [0.29, 0.717) is 45.0 Å². The summed E-state index contributed by atoms with van der Waals surface area (Å²) in [5, 5.41) is 11.1. The fraction of sp³-hybridized carbons (Fsp3) is 0.250. The third-order valence-corrected chi connectivity index (χ3v) is 7.63. The topological polar surface area (TPSA) is 108 Å². The van der Waals surface area contributed by atoms with Crippen molar-refractivity contribution in [1.82, 2.24) is 9.97 Å². The lowest BCUT2D eigenvalue weighted by Crippen LogP contribution is -2.32. The molecule has 3 N–H and O–H groups in total. The maximum atomic E-state index is 14.5. The summed E-state index contributed by atoms with van der Waals surface area (Å²) in [5.74, 6) is -1.29. The van der Waals surface area contributed by atoms with Gasteiger partial charge in [-0.3, -0.25) is 4.79 Å². The van der Waals surface area contributed by atoms with Crippen LogP contribution in [0.15, 0.2) is 60.2 Å². The highest BCUT2D eigenvalue weighted by Gasteiger charge is 2.45. The van der Waals surface area contributed by atoms with E-state index < -0.39 is 24.3 Å². The highest BCUT2D eigenvalue weighted by molar-refractivity contribution is 7.18. The molecule has 2 unspecified atom stereocenters. The van der Waals surface area contributed by atoms with E-state index in [4.69, 9.17) is 31.9 Å². The number of carbonyl (C=O) groups is 1. The first kappa shape index (κ1) is 28.0. The molecule has 2 aromatic carbocycles. The van der Waals surface area contributed by atoms with Crippen LogP contribution in [0.2, 0.25) is 5.02 Å². The van der Waals surface area contributed by atoms with E-state index in [9.17, 15) is 18.0 Å². The van der Waals surface area contributed by atoms with Gasteiger partial charge in [-0.05, 0) is 47.2 Å². The SMILES string of the molecule is NC(Cc1ccc(-c2csc3c(OC(c4ccc(Cl)cc4C4=CCCOC4)C(F)(F)F)ncnc23)cc1)C(=O)O. The number of hydrogen-bond donors (Lipinski definition) is 2. The molecule has 0 fully saturated rings. The number of nitrogens with zero attached hydrogens (tertiary/aromatic N) is 2. The molecule has 0 saturated carbocycles. The Morgan fingerprint density at radius 1 is 1.18 bits per heavy atom. The Morgan fingerprint density at radius 3 is 2.62 bits per heavy atom. The number of nitrogens with two attached hydrogens (primary N) is 1. The third kappa shape index (κ3) is 5.97. The molecule has 0 spiro atoms. The maximum Gasteiger partial charge on any atom is 0.429 e. The van der Waals surface area contributed by atoms with Crippen LogP contribution in [0.5, 0.6) is 5.88 Å². The Hall–Kier alpha value is -3.51. The van der Waals surface area contributed by atoms with Gasteiger partial charge in [-0.25, -0.2) is 9.97 Å². The van der Waals surface area contributed by atoms with Crippen LogP contribution in [0.1, 0.15) is 29.2 Å². The van der Waals surface area contributed by atoms with Crippen molar-refractivity contribution in [2.24, 2.45) is 5.73 Å². The standard InChI is InChI=1S/C28H23ClF3N3O4S/c29-18-7-8-19(20(11-18)17-2-1-9-38-12-17)25(28(30,31)32)39-26-24-23(34-14-35-26)21(13-40-24)16-5-3-15(4-6-16)10-22(33)27(36)37/h2-8,11,13-14,22,25H,1,9-10,12,33H2,(H,36,37). The van der Waals surface area contributed by atoms with Crippen LogP contribution >= 0.6 is 22.9 Å². The molecule has 0 bridgehead atoms. The van der Waals surface area contributed by atoms with Gasteiger partial charge < -0.3 is 20.3 Å². The molecule has 3 heterocycles. The predicted octanol–water partition coefficient (Wildman–Crippen LogP) is 6.45. The summed E-state index contributed by atoms with van der Waals surface area (Å²) in [6, 6.07) is 10.3. The minimum Gasteiger partial charge on any atom is -0.480 e. The Bertz CT molecular complexity index is 1570. The Morgan fingerprint density at radius 2 is 1.95 bits per heavy atom. The smallest absolute Gasteiger partial charge is 0.429 e. The van der Waals surface area contributed by atoms with E-state index in [2.05, 4.69) is 9.97 Å². The molecule has 12 heteroatoms. The summed E-state index contributed by atoms with van der Waals surface area (Å²) in [7, 11) is 0. The van der Waals surface area contributed by atoms with Crippen LogP contribution in [0.25, 0.3) is 26.9 Å². The quantitative estimate of drug-likeness (QED) is 0.243. The molecule has 5 rings (SSSR count). The largest absolute Gasteiger partial charge is 0.480 e. The number of thiophene rings is 1. The van der Waals surface area contributed by atoms with E-state index in [1.54, 1.807) is 29.6 Å². The highest BCUT2D eigenvalue weighted by Crippen LogP contribution is 2.44. The zero-order valence-corrected chi connectivity index (χ0v) is 22.4. The second-order valence-corrected chi connectivity index (χ2v) is 10.5. The first-order valence-electron chi connectivity index (χ1n) is 12.2. The minimum atomic E-state index is -4.76. The van der Waals surface area contributed by atoms with Crippen molar-refractivity contribution in [1.29, 1.82) is 0 Å². The number of fused-ring (bicyclic) bond motifs is 1. The van der Waals surface area contributed by atoms with E-state index >= 15 is 0 Å². The van der Waals surface area contributed by atoms with Crippen LogP contribution in [0, 0.1) is 0 Å². The van der Waals surface area contributed by atoms with Crippen LogP contribution < -0.4 is 10.5 Å². The Labute approximate surface area is 236 Å². The average molecular weight is 590 g/mol. The summed E-state index contributed by atoms with van der Waals surface area (Å²) in [5.41, 5.74) is 9.06. The number of aliphatic carboxylic acids is 1. The number of hydrogen-bond acceptors (Lipinski definition) is 7. The van der Waals surface area contributed by atoms with E-state index in [-0.39, 0.29) is 24.5 Å². The Kier molecular flexibility index (Phi) is 8.09. The summed E-state index contributed by atoms with van der Waals surface area (Å²) in [6.07, 6.45) is -3.32. The zero-order chi connectivity index (χ0) is 28.4. The van der Waals surface area contributed by atoms with Crippen molar-refractivity contribution in [2.45, 2.75) is 31.2 Å². The predicted molar refractivity (Wildman–Crippen MR) is 146 cm³/mol. The van der Waals surface area contributed by atoms with Crippen molar-refractivity contribution < 1.29 is 32.5 Å². The fourth-order valence-electron chi connectivity index (χ4n) is 4.48. The first-order chi connectivity index (χ1) is 19.1. The van der Waals surface area contributed by atoms with Crippen molar-refractivity contribution in [3.05, 3.63) is 82.0 Å². The van der Waals surface area contributed by atoms with Crippen LogP contribution in [-0.2, 0) is 16.0 Å². The van der Waals surface area contributed by atoms with Gasteiger partial charge in [0.2, 0.25) is 12.0 Å². The summed E-state index contributed by atoms with van der Waals surface area (Å²) in [4.78, 5) is 19.4. The van der Waals surface area contributed by atoms with Crippen molar-refractivity contribution in [3.8, 4) is 17.0 Å². The first-order valence-corrected chi connectivity index (χ1v) is 13.5. The van der Waals surface area contributed by atoms with Gasteiger partial charge in [-0.1, -0.05) is 48.0 Å². The molecule has 0 aliphatic carbocycles. The van der Waals surface area contributed by atoms with Gasteiger partial charge in [-0.2, -0.15) is 13.2 Å². The number of alkyl halides is 3. The lowest BCUT2D eigenvalue weighted by Gasteiger charge is -2.25. The number of carboxylic acids is 1. The lowest BCUT2D eigenvalue weighted by atomic mass is 9.94. The van der Waals surface area contributed by atoms with Gasteiger partial charge in [0.1, 0.15) is 17.1 Å². The molecule has 0 radical (unpaired) electrons. The molecule has 40 heavy (non-hydrogen) atoms. The number of ether oxygens (including phenoxy) is 2. The minimum absolute atomic E-state index is 0.0904. The van der Waals surface area contributed by atoms with E-state index in [1.807, 2.05) is 6.08 Å². The van der Waals surface area contributed by atoms with Gasteiger partial charge in [0.05, 0.1) is 18.7 Å². The van der Waals surface area contributed by atoms with Crippen LogP contribution in [0.3, 0.4) is 0 Å². The monoisotopic (exact) mass is 589 g/mol. The normalized spacial score (nSPS) is 15.5. The number of benzene rings is 2. The number of carboxylic acid groups (broad SMARTS) is 1. The molecular formula is C28H23ClF3N3O4S. The summed E-state index contributed by atoms with van der Waals surface area (Å²) >= 11 is 7.33. The molecule has 2 aromatic heterocycles. The Balaban J connectivity index is 1.50. The molecule has 0 saturated heterocycles. The van der Waals surface area contributed by atoms with Gasteiger partial charge in [-0.15, -0.1) is 11.3 Å². The van der Waals surface area contributed by atoms with Gasteiger partial charge >= 0.3 is 12.1 Å². The number of aromatic nitrogens is 2. The number of rotatable bonds is 8. The molecule has 2 atom stereocenters. The highest BCUT2D eigenvalue weighted by atomic mass is 35.5. The fourth-order valence-corrected chi connectivity index (χ4v) is 5.61. The van der Waals surface area contributed by atoms with Crippen molar-refractivity contribution in [3.63, 3.8) is 0 Å². The average Bonchev–Trinajstić information content (AvgIpc) is 3.37. The molecule has 1 aliphatic rings. The van der Waals surface area contributed by atoms with Gasteiger partial charge in [0, 0.05) is 21.5 Å². The summed E-state index contributed by atoms with van der Waals surface area (Å²) in [6.45, 7) is 0.668. The van der Waals surface area contributed by atoms with Crippen LogP contribution in [0.4, 0.5) is 13.2 Å². The third-order valence-electron chi connectivity index (χ3n) is 6.44. The van der Waals surface area contributed by atoms with Gasteiger partial charge in [0.25, 0.3) is 0 Å². The molecule has 7 nitrogen and oxygen atoms in total. The van der Waals surface area contributed by atoms with Gasteiger partial charge in [0.15, 0.2) is 0 Å². The summed E-state index contributed by atoms with van der Waals surface area (Å²) < 4.78 is 54.9. The maximum absolute atomic E-state index is 14.5. The molecular weight excluding hydrogens is 567 g/mol. The number of halogens is 4. The lowest BCUT2D eigenvalue weighted by molar-refractivity contribution is -0.198. The van der Waals surface area contributed by atoms with E-state index in [0.717, 1.165) is 11.1 Å². The van der Waals surface area contributed by atoms with Crippen LogP contribution in [-0.4, -0.2) is 46.5 Å². The second kappa shape index (κ2) is 11.5. The zero-order valence-electron chi connectivity index (χ0n) is 20.8. The van der Waals surface area contributed by atoms with Crippen molar-refractivity contribution in [2.75, 3.05) is 13.2 Å². The van der Waals surface area contributed by atoms with Crippen molar-refractivity contribution >= 4 is 44.7 Å². The molecule has 4 aromatic rings. The second-order valence-electron chi connectivity index (χ2n) is 9.19. The molecule has 208 valence electrons. The molecule has 0 amide bonds.